The molecule has 6 aromatic rings. The lowest BCUT2D eigenvalue weighted by Gasteiger charge is -2.17. The van der Waals surface area contributed by atoms with Gasteiger partial charge in [-0.3, -0.25) is 9.78 Å². The third-order valence-corrected chi connectivity index (χ3v) is 11.2. The van der Waals surface area contributed by atoms with Gasteiger partial charge in [-0.05, 0) is 80.0 Å². The topological polar surface area (TPSA) is 106 Å². The highest BCUT2D eigenvalue weighted by Crippen LogP contribution is 2.50. The number of amides is 1. The molecule has 9 nitrogen and oxygen atoms in total. The predicted molar refractivity (Wildman–Crippen MR) is 185 cm³/mol. The first-order valence-corrected chi connectivity index (χ1v) is 17.6. The lowest BCUT2D eigenvalue weighted by molar-refractivity contribution is 0.0776. The van der Waals surface area contributed by atoms with Crippen LogP contribution in [0.5, 0.6) is 5.75 Å². The molecule has 0 spiro atoms. The summed E-state index contributed by atoms with van der Waals surface area (Å²) in [6, 6.07) is 15.6. The van der Waals surface area contributed by atoms with Crippen molar-refractivity contribution in [2.75, 3.05) is 19.0 Å². The number of carbonyl (C=O) groups excluding carboxylic acids is 1. The molecule has 2 aliphatic heterocycles. The van der Waals surface area contributed by atoms with Gasteiger partial charge in [0.15, 0.2) is 11.6 Å². The maximum absolute atomic E-state index is 14.5. The van der Waals surface area contributed by atoms with Crippen LogP contribution in [-0.2, 0) is 19.3 Å². The molecule has 5 heterocycles. The molecule has 50 heavy (non-hydrogen) atoms. The van der Waals surface area contributed by atoms with E-state index < -0.39 is 0 Å². The number of ether oxygens (including phenoxy) is 1. The van der Waals surface area contributed by atoms with Crippen LogP contribution in [0, 0.1) is 18.6 Å². The number of methoxy groups -OCH3 is 1. The summed E-state index contributed by atoms with van der Waals surface area (Å²) >= 11 is 1.50. The van der Waals surface area contributed by atoms with Crippen LogP contribution < -0.4 is 10.1 Å². The third kappa shape index (κ3) is 4.95. The highest BCUT2D eigenvalue weighted by molar-refractivity contribution is 7.22. The summed E-state index contributed by atoms with van der Waals surface area (Å²) in [4.78, 5) is 26.5. The van der Waals surface area contributed by atoms with Gasteiger partial charge in [-0.2, -0.15) is 0 Å². The Morgan fingerprint density at radius 2 is 1.86 bits per heavy atom. The van der Waals surface area contributed by atoms with Gasteiger partial charge < -0.3 is 19.4 Å². The van der Waals surface area contributed by atoms with E-state index in [-0.39, 0.29) is 35.5 Å². The number of aryl methyl sites for hydroxylation is 3. The number of halogens is 2. The number of benzene rings is 3. The van der Waals surface area contributed by atoms with Gasteiger partial charge in [0.05, 0.1) is 57.6 Å². The molecule has 1 fully saturated rings. The molecule has 0 saturated carbocycles. The summed E-state index contributed by atoms with van der Waals surface area (Å²) in [6.45, 7) is 2.40. The van der Waals surface area contributed by atoms with E-state index in [1.54, 1.807) is 19.1 Å². The smallest absolute Gasteiger partial charge is 0.257 e. The Hall–Kier alpha value is -5.23. The van der Waals surface area contributed by atoms with E-state index in [9.17, 15) is 13.6 Å². The summed E-state index contributed by atoms with van der Waals surface area (Å²) < 4.78 is 40.6. The number of pyridine rings is 1. The maximum atomic E-state index is 14.5. The van der Waals surface area contributed by atoms with Crippen LogP contribution in [0.2, 0.25) is 0 Å². The molecule has 252 valence electrons. The van der Waals surface area contributed by atoms with Crippen molar-refractivity contribution in [3.63, 3.8) is 0 Å². The molecule has 12 heteroatoms. The molecule has 1 saturated heterocycles. The first kappa shape index (κ1) is 30.8. The number of carbonyl (C=O) groups is 1. The van der Waals surface area contributed by atoms with Crippen LogP contribution >= 0.6 is 11.3 Å². The number of thiazole rings is 1. The highest BCUT2D eigenvalue weighted by atomic mass is 32.1. The number of hydrogen-bond acceptors (Lipinski definition) is 9. The second kappa shape index (κ2) is 12.0. The summed E-state index contributed by atoms with van der Waals surface area (Å²) in [7, 11) is 1.50. The molecule has 3 aliphatic rings. The van der Waals surface area contributed by atoms with Crippen LogP contribution in [0.3, 0.4) is 0 Å². The van der Waals surface area contributed by atoms with E-state index in [4.69, 9.17) is 19.1 Å². The number of anilines is 1. The monoisotopic (exact) mass is 690 g/mol. The zero-order valence-corrected chi connectivity index (χ0v) is 28.2. The molecule has 1 amide bonds. The largest absolute Gasteiger partial charge is 0.493 e. The summed E-state index contributed by atoms with van der Waals surface area (Å²) in [5.74, 6) is 0.277. The highest BCUT2D eigenvalue weighted by Gasteiger charge is 2.45. The van der Waals surface area contributed by atoms with Gasteiger partial charge in [0.1, 0.15) is 10.8 Å². The van der Waals surface area contributed by atoms with Gasteiger partial charge in [0.25, 0.3) is 5.91 Å². The quantitative estimate of drug-likeness (QED) is 0.171. The molecule has 0 radical (unpaired) electrons. The van der Waals surface area contributed by atoms with Gasteiger partial charge in [-0.15, -0.1) is 21.5 Å². The Balaban J connectivity index is 1.20. The lowest BCUT2D eigenvalue weighted by atomic mass is 9.94. The van der Waals surface area contributed by atoms with Gasteiger partial charge in [-0.25, -0.2) is 13.8 Å². The van der Waals surface area contributed by atoms with E-state index in [1.165, 1.54) is 36.6 Å². The van der Waals surface area contributed by atoms with Crippen LogP contribution in [-0.4, -0.2) is 44.6 Å². The van der Waals surface area contributed by atoms with E-state index >= 15 is 0 Å². The van der Waals surface area contributed by atoms with Crippen molar-refractivity contribution in [3.8, 4) is 27.8 Å². The van der Waals surface area contributed by atoms with Crippen molar-refractivity contribution in [1.82, 2.24) is 25.1 Å². The molecule has 3 aromatic carbocycles. The molecule has 2 atom stereocenters. The standard InChI is InChI=1S/C38H32F2N6O3S/c1-19-44-45-36(49-19)30-26(16-10-20-8-11-21(39)12-9-20)42-33-29-7-4-18-46(29)38(47)32(33)31(30)37-43-28-6-3-5-27(35(28)50-37)41-25-17-14-23-22(25)13-15-24(40)34(23)48-2/h3,5-6,8-9,11-13,15,25,29,41H,4,7,10,14,16-18H2,1-2H3/t25-,29?/m0/s1. The molecular weight excluding hydrogens is 659 g/mol. The van der Waals surface area contributed by atoms with Gasteiger partial charge >= 0.3 is 0 Å². The SMILES string of the molecule is COc1c(F)ccc2c1CC[C@@H]2Nc1cccc2nc(-c3c4c(nc(CCc5ccc(F)cc5)c3-c3nnc(C)o3)C3CCCN3C4=O)sc12. The van der Waals surface area contributed by atoms with Crippen molar-refractivity contribution in [2.45, 2.75) is 57.5 Å². The number of rotatable bonds is 8. The zero-order chi connectivity index (χ0) is 34.1. The third-order valence-electron chi connectivity index (χ3n) is 10.1. The lowest BCUT2D eigenvalue weighted by Crippen LogP contribution is -2.22. The molecule has 9 rings (SSSR count). The van der Waals surface area contributed by atoms with Crippen LogP contribution in [0.15, 0.2) is 59.0 Å². The zero-order valence-electron chi connectivity index (χ0n) is 27.4. The van der Waals surface area contributed by atoms with Crippen molar-refractivity contribution in [3.05, 3.63) is 106 Å². The van der Waals surface area contributed by atoms with E-state index in [2.05, 4.69) is 15.5 Å². The Morgan fingerprint density at radius 3 is 2.66 bits per heavy atom. The average Bonchev–Trinajstić information content (AvgIpc) is 3.96. The minimum absolute atomic E-state index is 0.0374. The Labute approximate surface area is 290 Å². The molecule has 1 aliphatic carbocycles. The minimum Gasteiger partial charge on any atom is -0.493 e. The molecular formula is C38H32F2N6O3S. The van der Waals surface area contributed by atoms with E-state index in [1.807, 2.05) is 29.2 Å². The first-order valence-electron chi connectivity index (χ1n) is 16.8. The number of hydrogen-bond donors (Lipinski definition) is 1. The minimum atomic E-state index is -0.356. The molecule has 0 bridgehead atoms. The van der Waals surface area contributed by atoms with Crippen molar-refractivity contribution in [2.24, 2.45) is 0 Å². The van der Waals surface area contributed by atoms with Crippen molar-refractivity contribution >= 4 is 33.1 Å². The number of nitrogens with one attached hydrogen (secondary N) is 1. The fourth-order valence-electron chi connectivity index (χ4n) is 7.86. The fourth-order valence-corrected chi connectivity index (χ4v) is 8.96. The fraction of sp³-hybridized carbons (Fsp3) is 0.289. The van der Waals surface area contributed by atoms with Crippen molar-refractivity contribution in [1.29, 1.82) is 0 Å². The Kier molecular flexibility index (Phi) is 7.38. The van der Waals surface area contributed by atoms with Gasteiger partial charge in [-0.1, -0.05) is 24.3 Å². The van der Waals surface area contributed by atoms with E-state index in [0.717, 1.165) is 63.2 Å². The predicted octanol–water partition coefficient (Wildman–Crippen LogP) is 8.18. The number of fused-ring (bicyclic) bond motifs is 5. The number of aromatic nitrogens is 4. The van der Waals surface area contributed by atoms with Gasteiger partial charge in [0.2, 0.25) is 11.8 Å². The van der Waals surface area contributed by atoms with E-state index in [0.29, 0.717) is 59.1 Å². The maximum Gasteiger partial charge on any atom is 0.257 e. The summed E-state index contributed by atoms with van der Waals surface area (Å²) in [6.07, 6.45) is 4.35. The molecule has 1 N–H and O–H groups in total. The van der Waals surface area contributed by atoms with Crippen LogP contribution in [0.25, 0.3) is 32.2 Å². The second-order valence-electron chi connectivity index (χ2n) is 13.0. The van der Waals surface area contributed by atoms with Gasteiger partial charge in [0, 0.05) is 24.6 Å². The number of nitrogens with zero attached hydrogens (tertiary/aromatic N) is 5. The molecule has 3 aromatic heterocycles. The Morgan fingerprint density at radius 1 is 1.00 bits per heavy atom. The summed E-state index contributed by atoms with van der Waals surface area (Å²) in [5.41, 5.74) is 7.85. The second-order valence-corrected chi connectivity index (χ2v) is 14.0. The Bertz CT molecular complexity index is 2320. The first-order chi connectivity index (χ1) is 24.4. The molecule has 1 unspecified atom stereocenters. The normalized spacial score (nSPS) is 17.8. The van der Waals surface area contributed by atoms with Crippen LogP contribution in [0.1, 0.15) is 75.7 Å². The average molecular weight is 691 g/mol. The van der Waals surface area contributed by atoms with Crippen molar-refractivity contribution < 1.29 is 22.7 Å². The summed E-state index contributed by atoms with van der Waals surface area (Å²) in [5, 5.41) is 12.9. The van der Waals surface area contributed by atoms with Crippen LogP contribution in [0.4, 0.5) is 14.5 Å².